The lowest BCUT2D eigenvalue weighted by Crippen LogP contribution is -2.59. The second kappa shape index (κ2) is 14.3. The van der Waals surface area contributed by atoms with Gasteiger partial charge in [0.25, 0.3) is 0 Å². The van der Waals surface area contributed by atoms with E-state index in [1.54, 1.807) is 0 Å². The zero-order valence-electron chi connectivity index (χ0n) is 26.0. The van der Waals surface area contributed by atoms with Gasteiger partial charge in [0, 0.05) is 18.5 Å². The zero-order chi connectivity index (χ0) is 30.6. The van der Waals surface area contributed by atoms with Gasteiger partial charge in [-0.2, -0.15) is 0 Å². The second-order valence-electron chi connectivity index (χ2n) is 13.2. The molecule has 0 bridgehead atoms. The van der Waals surface area contributed by atoms with Crippen molar-refractivity contribution in [2.24, 2.45) is 16.3 Å². The first kappa shape index (κ1) is 32.3. The summed E-state index contributed by atoms with van der Waals surface area (Å²) < 4.78 is 11.6. The van der Waals surface area contributed by atoms with Gasteiger partial charge >= 0.3 is 0 Å². The highest BCUT2D eigenvalue weighted by molar-refractivity contribution is 5.97. The van der Waals surface area contributed by atoms with Crippen molar-refractivity contribution in [2.75, 3.05) is 45.9 Å². The molecule has 238 valence electrons. The van der Waals surface area contributed by atoms with Gasteiger partial charge in [-0.15, -0.1) is 0 Å². The third-order valence-electron chi connectivity index (χ3n) is 10.0. The lowest BCUT2D eigenvalue weighted by atomic mass is 9.71. The van der Waals surface area contributed by atoms with Gasteiger partial charge in [0.1, 0.15) is 24.4 Å². The van der Waals surface area contributed by atoms with Crippen LogP contribution in [0.4, 0.5) is 0 Å². The van der Waals surface area contributed by atoms with Crippen LogP contribution in [0.1, 0.15) is 62.6 Å². The van der Waals surface area contributed by atoms with E-state index in [0.717, 1.165) is 29.7 Å². The summed E-state index contributed by atoms with van der Waals surface area (Å²) in [7, 11) is 0. The van der Waals surface area contributed by atoms with Crippen molar-refractivity contribution < 1.29 is 29.9 Å². The van der Waals surface area contributed by atoms with Gasteiger partial charge < -0.3 is 40.1 Å². The van der Waals surface area contributed by atoms with E-state index in [4.69, 9.17) is 9.47 Å². The molecule has 0 amide bonds. The molecule has 9 heteroatoms. The predicted molar refractivity (Wildman–Crippen MR) is 168 cm³/mol. The van der Waals surface area contributed by atoms with Crippen molar-refractivity contribution in [3.63, 3.8) is 0 Å². The molecule has 4 aliphatic rings. The third-order valence-corrected chi connectivity index (χ3v) is 10.0. The Morgan fingerprint density at radius 2 is 1.84 bits per heavy atom. The smallest absolute Gasteiger partial charge is 0.231 e. The second-order valence-corrected chi connectivity index (χ2v) is 13.2. The predicted octanol–water partition coefficient (Wildman–Crippen LogP) is 2.59. The highest BCUT2D eigenvalue weighted by Crippen LogP contribution is 2.39. The number of ether oxygens (including phenoxy) is 2. The summed E-state index contributed by atoms with van der Waals surface area (Å²) >= 11 is 0. The fourth-order valence-corrected chi connectivity index (χ4v) is 6.98. The first-order chi connectivity index (χ1) is 20.7. The normalized spacial score (nSPS) is 30.0. The van der Waals surface area contributed by atoms with Crippen molar-refractivity contribution in [1.82, 2.24) is 10.2 Å². The van der Waals surface area contributed by atoms with E-state index in [0.29, 0.717) is 24.3 Å². The summed E-state index contributed by atoms with van der Waals surface area (Å²) in [4.78, 5) is 7.23. The van der Waals surface area contributed by atoms with Crippen molar-refractivity contribution >= 4 is 12.0 Å². The molecule has 3 saturated heterocycles. The van der Waals surface area contributed by atoms with Crippen LogP contribution in [0.2, 0.25) is 0 Å². The average molecular weight is 598 g/mol. The van der Waals surface area contributed by atoms with Crippen molar-refractivity contribution in [3.05, 3.63) is 52.1 Å². The number of aliphatic hydroxyl groups is 4. The number of hydrogen-bond acceptors (Lipinski definition) is 9. The highest BCUT2D eigenvalue weighted by Gasteiger charge is 2.45. The number of rotatable bonds is 9. The Morgan fingerprint density at radius 1 is 1.09 bits per heavy atom. The Balaban J connectivity index is 1.17. The Kier molecular flexibility index (Phi) is 10.8. The number of piperidine rings is 2. The van der Waals surface area contributed by atoms with Gasteiger partial charge in [-0.1, -0.05) is 44.2 Å². The summed E-state index contributed by atoms with van der Waals surface area (Å²) in [6.07, 6.45) is 4.86. The van der Waals surface area contributed by atoms with Gasteiger partial charge in [0.2, 0.25) is 12.2 Å². The Morgan fingerprint density at radius 3 is 2.51 bits per heavy atom. The fraction of sp³-hybridized carbons (Fsp3) is 0.676. The number of aliphatic imine (C=N–C) groups is 1. The summed E-state index contributed by atoms with van der Waals surface area (Å²) in [5.41, 5.74) is 6.24. The molecule has 5 N–H and O–H groups in total. The van der Waals surface area contributed by atoms with Crippen LogP contribution in [0.15, 0.2) is 40.4 Å². The van der Waals surface area contributed by atoms with Crippen LogP contribution in [0.5, 0.6) is 0 Å². The monoisotopic (exact) mass is 597 g/mol. The van der Waals surface area contributed by atoms with Crippen LogP contribution >= 0.6 is 0 Å². The van der Waals surface area contributed by atoms with Crippen molar-refractivity contribution in [2.45, 2.75) is 90.0 Å². The van der Waals surface area contributed by atoms with Crippen molar-refractivity contribution in [1.29, 1.82) is 0 Å². The Bertz CT molecular complexity index is 1180. The third kappa shape index (κ3) is 7.59. The van der Waals surface area contributed by atoms with E-state index in [1.165, 1.54) is 63.0 Å². The first-order valence-electron chi connectivity index (χ1n) is 16.1. The number of benzene rings is 1. The minimum Gasteiger partial charge on any atom is -0.445 e. The molecule has 4 aliphatic heterocycles. The zero-order valence-corrected chi connectivity index (χ0v) is 26.0. The quantitative estimate of drug-likeness (QED) is 0.294. The molecular formula is C34H51N3O6. The maximum atomic E-state index is 10.5. The van der Waals surface area contributed by atoms with E-state index in [-0.39, 0.29) is 5.92 Å². The largest absolute Gasteiger partial charge is 0.445 e. The molecule has 3 fully saturated rings. The molecule has 0 unspecified atom stereocenters. The van der Waals surface area contributed by atoms with Crippen molar-refractivity contribution in [3.8, 4) is 0 Å². The minimum absolute atomic E-state index is 0.252. The van der Waals surface area contributed by atoms with E-state index < -0.39 is 37.3 Å². The SMILES string of the molecule is Cc1cc(/C=C/CCN2CCC3(CCNCC3)CC2)ccc1CC1=C(C(C)C)CN=C1O[C@@H]1O[C@H](CO)[C@@H](O)[C@H](O)[C@H]1O. The average Bonchev–Trinajstić information content (AvgIpc) is 3.40. The van der Waals surface area contributed by atoms with Gasteiger partial charge in [-0.25, -0.2) is 4.99 Å². The molecule has 0 saturated carbocycles. The topological polar surface area (TPSA) is 127 Å². The van der Waals surface area contributed by atoms with Crippen LogP contribution < -0.4 is 5.32 Å². The van der Waals surface area contributed by atoms with E-state index in [2.05, 4.69) is 66.3 Å². The summed E-state index contributed by atoms with van der Waals surface area (Å²) in [6, 6.07) is 6.53. The number of hydrogen-bond donors (Lipinski definition) is 5. The molecule has 0 radical (unpaired) electrons. The lowest BCUT2D eigenvalue weighted by Gasteiger charge is -2.44. The maximum absolute atomic E-state index is 10.5. The standard InChI is InChI=1S/C34H51N3O6/c1-22(2)27-20-36-32(43-33-31(41)30(40)29(39)28(21-38)42-33)26(27)19-25-8-7-24(18-23(25)3)6-4-5-15-37-16-11-34(12-17-37)9-13-35-14-10-34/h4,6-8,18,22,28-31,33,35,38-41H,5,9-17,19-21H2,1-3H3/b6-4+/t28-,29-,30+,31-,33+/m1/s1. The van der Waals surface area contributed by atoms with Crippen LogP contribution in [0.25, 0.3) is 6.08 Å². The molecule has 5 rings (SSSR count). The maximum Gasteiger partial charge on any atom is 0.231 e. The molecule has 0 aliphatic carbocycles. The lowest BCUT2D eigenvalue weighted by molar-refractivity contribution is -0.281. The summed E-state index contributed by atoms with van der Waals surface area (Å²) in [5, 5.41) is 43.9. The molecule has 1 spiro atoms. The van der Waals surface area contributed by atoms with Crippen LogP contribution in [-0.4, -0.2) is 108 Å². The molecule has 9 nitrogen and oxygen atoms in total. The molecule has 0 aromatic heterocycles. The summed E-state index contributed by atoms with van der Waals surface area (Å²) in [6.45, 7) is 12.3. The fourth-order valence-electron chi connectivity index (χ4n) is 6.98. The molecule has 4 heterocycles. The minimum atomic E-state index is -1.50. The summed E-state index contributed by atoms with van der Waals surface area (Å²) in [5.74, 6) is 0.627. The van der Waals surface area contributed by atoms with Crippen LogP contribution in [-0.2, 0) is 15.9 Å². The molecule has 1 aromatic carbocycles. The van der Waals surface area contributed by atoms with Gasteiger partial charge in [-0.05, 0) is 98.8 Å². The highest BCUT2D eigenvalue weighted by atomic mass is 16.7. The number of aryl methyl sites for hydroxylation is 1. The molecule has 43 heavy (non-hydrogen) atoms. The van der Waals surface area contributed by atoms with Gasteiger partial charge in [0.05, 0.1) is 13.2 Å². The Hall–Kier alpha value is -2.11. The van der Waals surface area contributed by atoms with Crippen LogP contribution in [0.3, 0.4) is 0 Å². The number of likely N-dealkylation sites (tertiary alicyclic amines) is 1. The van der Waals surface area contributed by atoms with Gasteiger partial charge in [0.15, 0.2) is 0 Å². The molecule has 1 aromatic rings. The van der Waals surface area contributed by atoms with E-state index in [1.807, 2.05) is 0 Å². The van der Waals surface area contributed by atoms with E-state index >= 15 is 0 Å². The van der Waals surface area contributed by atoms with E-state index in [9.17, 15) is 20.4 Å². The number of aliphatic hydroxyl groups excluding tert-OH is 4. The van der Waals surface area contributed by atoms with Gasteiger partial charge in [-0.3, -0.25) is 0 Å². The number of nitrogens with zero attached hydrogens (tertiary/aromatic N) is 2. The van der Waals surface area contributed by atoms with Crippen LogP contribution in [0, 0.1) is 18.3 Å². The molecule has 5 atom stereocenters. The first-order valence-corrected chi connectivity index (χ1v) is 16.1. The number of nitrogens with one attached hydrogen (secondary N) is 1. The Labute approximate surface area is 256 Å². The molecular weight excluding hydrogens is 546 g/mol.